The lowest BCUT2D eigenvalue weighted by Gasteiger charge is -2.12. The first-order valence-electron chi connectivity index (χ1n) is 8.38. The summed E-state index contributed by atoms with van der Waals surface area (Å²) >= 11 is 0. The van der Waals surface area contributed by atoms with E-state index in [2.05, 4.69) is 17.2 Å². The number of rotatable bonds is 6. The van der Waals surface area contributed by atoms with Crippen molar-refractivity contribution < 1.29 is 13.2 Å². The van der Waals surface area contributed by atoms with Crippen LogP contribution in [0.4, 0.5) is 24.8 Å². The minimum absolute atomic E-state index is 0.377. The average molecular weight is 347 g/mol. The van der Waals surface area contributed by atoms with Gasteiger partial charge in [0.25, 0.3) is 0 Å². The predicted molar refractivity (Wildman–Crippen MR) is 94.0 cm³/mol. The van der Waals surface area contributed by atoms with Gasteiger partial charge in [-0.05, 0) is 36.8 Å². The molecule has 25 heavy (non-hydrogen) atoms. The second kappa shape index (κ2) is 7.17. The van der Waals surface area contributed by atoms with Crippen LogP contribution >= 0.6 is 0 Å². The summed E-state index contributed by atoms with van der Waals surface area (Å²) in [6.45, 7) is 2.91. The Morgan fingerprint density at radius 1 is 1.04 bits per heavy atom. The van der Waals surface area contributed by atoms with Gasteiger partial charge < -0.3 is 9.88 Å². The predicted octanol–water partition coefficient (Wildman–Crippen LogP) is 5.99. The molecule has 3 aromatic rings. The van der Waals surface area contributed by atoms with E-state index in [1.165, 1.54) is 6.07 Å². The molecule has 0 radical (unpaired) electrons. The molecule has 0 amide bonds. The Kier molecular flexibility index (Phi) is 4.97. The Morgan fingerprint density at radius 3 is 2.60 bits per heavy atom. The lowest BCUT2D eigenvalue weighted by molar-refractivity contribution is -0.137. The van der Waals surface area contributed by atoms with Gasteiger partial charge in [0.15, 0.2) is 0 Å². The maximum atomic E-state index is 12.9. The Morgan fingerprint density at radius 2 is 1.84 bits per heavy atom. The van der Waals surface area contributed by atoms with Crippen molar-refractivity contribution in [1.29, 1.82) is 0 Å². The second-order valence-corrected chi connectivity index (χ2v) is 5.99. The third kappa shape index (κ3) is 3.95. The van der Waals surface area contributed by atoms with Crippen molar-refractivity contribution in [3.8, 4) is 0 Å². The minimum Gasteiger partial charge on any atom is -0.326 e. The van der Waals surface area contributed by atoms with Gasteiger partial charge in [0.2, 0.25) is 5.95 Å². The number of halogens is 3. The van der Waals surface area contributed by atoms with Crippen LogP contribution in [0.2, 0.25) is 0 Å². The van der Waals surface area contributed by atoms with Crippen molar-refractivity contribution in [3.05, 3.63) is 54.1 Å². The SMILES string of the molecule is CCCCCn1c(Nc2cccc(C(F)(F)F)c2)nc2ccccc21. The Balaban J connectivity index is 1.94. The molecule has 1 aromatic heterocycles. The van der Waals surface area contributed by atoms with Crippen molar-refractivity contribution in [2.75, 3.05) is 5.32 Å². The summed E-state index contributed by atoms with van der Waals surface area (Å²) in [4.78, 5) is 4.55. The van der Waals surface area contributed by atoms with E-state index in [4.69, 9.17) is 0 Å². The molecule has 3 nitrogen and oxygen atoms in total. The fourth-order valence-corrected chi connectivity index (χ4v) is 2.82. The lowest BCUT2D eigenvalue weighted by atomic mass is 10.2. The highest BCUT2D eigenvalue weighted by molar-refractivity contribution is 5.79. The molecule has 132 valence electrons. The zero-order chi connectivity index (χ0) is 17.9. The van der Waals surface area contributed by atoms with Crippen LogP contribution in [0.1, 0.15) is 31.7 Å². The number of aromatic nitrogens is 2. The number of nitrogens with one attached hydrogen (secondary N) is 1. The van der Waals surface area contributed by atoms with Crippen LogP contribution in [0.5, 0.6) is 0 Å². The molecule has 0 saturated carbocycles. The van der Waals surface area contributed by atoms with Crippen molar-refractivity contribution in [2.45, 2.75) is 38.9 Å². The topological polar surface area (TPSA) is 29.9 Å². The van der Waals surface area contributed by atoms with Crippen molar-refractivity contribution in [2.24, 2.45) is 0 Å². The van der Waals surface area contributed by atoms with E-state index in [-0.39, 0.29) is 0 Å². The standard InChI is InChI=1S/C19H20F3N3/c1-2-3-6-12-25-17-11-5-4-10-16(17)24-18(25)23-15-9-7-8-14(13-15)19(20,21)22/h4-5,7-11,13H,2-3,6,12H2,1H3,(H,23,24). The fourth-order valence-electron chi connectivity index (χ4n) is 2.82. The maximum Gasteiger partial charge on any atom is 0.416 e. The molecule has 2 aromatic carbocycles. The number of alkyl halides is 3. The maximum absolute atomic E-state index is 12.9. The number of hydrogen-bond donors (Lipinski definition) is 1. The quantitative estimate of drug-likeness (QED) is 0.555. The molecule has 0 aliphatic carbocycles. The van der Waals surface area contributed by atoms with Crippen LogP contribution in [0.15, 0.2) is 48.5 Å². The summed E-state index contributed by atoms with van der Waals surface area (Å²) < 4.78 is 40.8. The fraction of sp³-hybridized carbons (Fsp3) is 0.316. The summed E-state index contributed by atoms with van der Waals surface area (Å²) in [5, 5.41) is 3.05. The molecule has 1 heterocycles. The molecule has 0 spiro atoms. The van der Waals surface area contributed by atoms with Gasteiger partial charge in [-0.25, -0.2) is 4.98 Å². The van der Waals surface area contributed by atoms with E-state index < -0.39 is 11.7 Å². The molecule has 6 heteroatoms. The molecule has 0 atom stereocenters. The molecule has 1 N–H and O–H groups in total. The molecular weight excluding hydrogens is 327 g/mol. The number of aryl methyl sites for hydroxylation is 1. The molecule has 0 fully saturated rings. The lowest BCUT2D eigenvalue weighted by Crippen LogP contribution is -2.07. The van der Waals surface area contributed by atoms with E-state index >= 15 is 0 Å². The molecule has 0 aliphatic rings. The first-order chi connectivity index (χ1) is 12.0. The van der Waals surface area contributed by atoms with Crippen molar-refractivity contribution >= 4 is 22.7 Å². The largest absolute Gasteiger partial charge is 0.416 e. The highest BCUT2D eigenvalue weighted by Gasteiger charge is 2.30. The number of nitrogens with zero attached hydrogens (tertiary/aromatic N) is 2. The van der Waals surface area contributed by atoms with Gasteiger partial charge in [-0.2, -0.15) is 13.2 Å². The zero-order valence-electron chi connectivity index (χ0n) is 14.0. The van der Waals surface area contributed by atoms with E-state index in [9.17, 15) is 13.2 Å². The number of fused-ring (bicyclic) bond motifs is 1. The number of para-hydroxylation sites is 2. The zero-order valence-corrected chi connectivity index (χ0v) is 14.0. The summed E-state index contributed by atoms with van der Waals surface area (Å²) in [7, 11) is 0. The smallest absolute Gasteiger partial charge is 0.326 e. The summed E-state index contributed by atoms with van der Waals surface area (Å²) in [5.74, 6) is 0.566. The Hall–Kier alpha value is -2.50. The minimum atomic E-state index is -4.36. The van der Waals surface area contributed by atoms with Gasteiger partial charge in [-0.15, -0.1) is 0 Å². The highest BCUT2D eigenvalue weighted by Crippen LogP contribution is 2.32. The number of unbranched alkanes of at least 4 members (excludes halogenated alkanes) is 2. The van der Waals surface area contributed by atoms with E-state index in [1.807, 2.05) is 28.8 Å². The van der Waals surface area contributed by atoms with E-state index in [0.717, 1.165) is 49.0 Å². The number of anilines is 2. The molecule has 0 bridgehead atoms. The highest BCUT2D eigenvalue weighted by atomic mass is 19.4. The molecule has 0 aliphatic heterocycles. The van der Waals surface area contributed by atoms with Crippen molar-refractivity contribution in [3.63, 3.8) is 0 Å². The first kappa shape index (κ1) is 17.3. The van der Waals surface area contributed by atoms with Gasteiger partial charge in [-0.1, -0.05) is 38.0 Å². The molecule has 0 unspecified atom stereocenters. The van der Waals surface area contributed by atoms with Gasteiger partial charge in [0.1, 0.15) is 0 Å². The van der Waals surface area contributed by atoms with Gasteiger partial charge >= 0.3 is 6.18 Å². The van der Waals surface area contributed by atoms with Crippen LogP contribution < -0.4 is 5.32 Å². The monoisotopic (exact) mass is 347 g/mol. The summed E-state index contributed by atoms with van der Waals surface area (Å²) in [5.41, 5.74) is 1.51. The Bertz CT molecular complexity index is 852. The first-order valence-corrected chi connectivity index (χ1v) is 8.38. The molecule has 3 rings (SSSR count). The summed E-state index contributed by atoms with van der Waals surface area (Å²) in [6, 6.07) is 12.9. The van der Waals surface area contributed by atoms with Gasteiger partial charge in [-0.3, -0.25) is 0 Å². The number of hydrogen-bond acceptors (Lipinski definition) is 2. The molecular formula is C19H20F3N3. The second-order valence-electron chi connectivity index (χ2n) is 5.99. The van der Waals surface area contributed by atoms with Crippen molar-refractivity contribution in [1.82, 2.24) is 9.55 Å². The van der Waals surface area contributed by atoms with Gasteiger partial charge in [0, 0.05) is 12.2 Å². The molecule has 0 saturated heterocycles. The normalized spacial score (nSPS) is 11.8. The van der Waals surface area contributed by atoms with Gasteiger partial charge in [0.05, 0.1) is 16.6 Å². The van der Waals surface area contributed by atoms with Crippen LogP contribution in [-0.4, -0.2) is 9.55 Å². The van der Waals surface area contributed by atoms with Crippen LogP contribution in [-0.2, 0) is 12.7 Å². The number of imidazole rings is 1. The van der Waals surface area contributed by atoms with Crippen LogP contribution in [0.3, 0.4) is 0 Å². The Labute approximate surface area is 144 Å². The third-order valence-electron chi connectivity index (χ3n) is 4.09. The van der Waals surface area contributed by atoms with Crippen LogP contribution in [0.25, 0.3) is 11.0 Å². The third-order valence-corrected chi connectivity index (χ3v) is 4.09. The van der Waals surface area contributed by atoms with E-state index in [1.54, 1.807) is 6.07 Å². The van der Waals surface area contributed by atoms with E-state index in [0.29, 0.717) is 11.6 Å². The summed E-state index contributed by atoms with van der Waals surface area (Å²) in [6.07, 6.45) is -1.17. The van der Waals surface area contributed by atoms with Crippen LogP contribution in [0, 0.1) is 0 Å². The average Bonchev–Trinajstić information content (AvgIpc) is 2.92. The number of benzene rings is 2.